The van der Waals surface area contributed by atoms with Crippen molar-refractivity contribution in [3.63, 3.8) is 0 Å². The van der Waals surface area contributed by atoms with Crippen molar-refractivity contribution < 1.29 is 9.32 Å². The maximum Gasteiger partial charge on any atom is 0.240 e. The number of amides is 1. The standard InChI is InChI=1S/C22H23N3O2S/c1-16-23-21(27-24-16)18-11-8-14-25(15-18)22(26)20(17-9-4-2-5-10-17)28-19-12-6-3-7-13-19/h2-7,9-10,12-13,18,20H,8,11,14-15H2,1H3. The van der Waals surface area contributed by atoms with Crippen LogP contribution >= 0.6 is 11.8 Å². The number of hydrogen-bond donors (Lipinski definition) is 0. The van der Waals surface area contributed by atoms with Crippen LogP contribution in [0.15, 0.2) is 70.1 Å². The van der Waals surface area contributed by atoms with Crippen LogP contribution in [0.2, 0.25) is 0 Å². The van der Waals surface area contributed by atoms with Gasteiger partial charge in [-0.25, -0.2) is 0 Å². The Morgan fingerprint density at radius 1 is 1.14 bits per heavy atom. The molecule has 2 unspecified atom stereocenters. The monoisotopic (exact) mass is 393 g/mol. The molecule has 1 fully saturated rings. The molecule has 3 aromatic rings. The average molecular weight is 394 g/mol. The maximum atomic E-state index is 13.5. The van der Waals surface area contributed by atoms with Crippen LogP contribution < -0.4 is 0 Å². The molecule has 0 saturated carbocycles. The van der Waals surface area contributed by atoms with Gasteiger partial charge in [0.05, 0.1) is 5.92 Å². The van der Waals surface area contributed by atoms with E-state index in [1.54, 1.807) is 11.8 Å². The molecule has 0 radical (unpaired) electrons. The predicted octanol–water partition coefficient (Wildman–Crippen LogP) is 4.62. The van der Waals surface area contributed by atoms with Crippen LogP contribution in [0.25, 0.3) is 0 Å². The van der Waals surface area contributed by atoms with Crippen molar-refractivity contribution in [3.8, 4) is 0 Å². The van der Waals surface area contributed by atoms with E-state index in [0.29, 0.717) is 18.3 Å². The third kappa shape index (κ3) is 4.28. The minimum atomic E-state index is -0.272. The highest BCUT2D eigenvalue weighted by atomic mass is 32.2. The molecule has 4 rings (SSSR count). The average Bonchev–Trinajstić information content (AvgIpc) is 3.19. The lowest BCUT2D eigenvalue weighted by Gasteiger charge is -2.33. The van der Waals surface area contributed by atoms with Crippen LogP contribution in [-0.4, -0.2) is 34.0 Å². The second-order valence-electron chi connectivity index (χ2n) is 7.02. The van der Waals surface area contributed by atoms with E-state index in [4.69, 9.17) is 4.52 Å². The van der Waals surface area contributed by atoms with E-state index < -0.39 is 0 Å². The van der Waals surface area contributed by atoms with Gasteiger partial charge in [0.15, 0.2) is 5.82 Å². The van der Waals surface area contributed by atoms with Crippen molar-refractivity contribution >= 4 is 17.7 Å². The number of rotatable bonds is 5. The van der Waals surface area contributed by atoms with Crippen molar-refractivity contribution in [1.82, 2.24) is 15.0 Å². The predicted molar refractivity (Wildman–Crippen MR) is 109 cm³/mol. The molecule has 28 heavy (non-hydrogen) atoms. The number of aryl methyl sites for hydroxylation is 1. The number of benzene rings is 2. The first kappa shape index (κ1) is 18.7. The summed E-state index contributed by atoms with van der Waals surface area (Å²) >= 11 is 1.60. The second-order valence-corrected chi connectivity index (χ2v) is 8.20. The van der Waals surface area contributed by atoms with Gasteiger partial charge in [-0.2, -0.15) is 4.98 Å². The molecule has 1 saturated heterocycles. The number of likely N-dealkylation sites (tertiary alicyclic amines) is 1. The van der Waals surface area contributed by atoms with Crippen molar-refractivity contribution in [1.29, 1.82) is 0 Å². The summed E-state index contributed by atoms with van der Waals surface area (Å²) in [7, 11) is 0. The van der Waals surface area contributed by atoms with Gasteiger partial charge in [0.25, 0.3) is 0 Å². The minimum absolute atomic E-state index is 0.108. The zero-order valence-electron chi connectivity index (χ0n) is 15.8. The van der Waals surface area contributed by atoms with Gasteiger partial charge in [-0.15, -0.1) is 11.8 Å². The third-order valence-corrected chi connectivity index (χ3v) is 6.20. The fourth-order valence-electron chi connectivity index (χ4n) is 3.55. The van der Waals surface area contributed by atoms with Gasteiger partial charge in [-0.05, 0) is 37.5 Å². The number of hydrogen-bond acceptors (Lipinski definition) is 5. The van der Waals surface area contributed by atoms with Gasteiger partial charge >= 0.3 is 0 Å². The van der Waals surface area contributed by atoms with E-state index in [1.165, 1.54) is 0 Å². The van der Waals surface area contributed by atoms with Crippen LogP contribution in [-0.2, 0) is 4.79 Å². The molecule has 6 heteroatoms. The molecule has 144 valence electrons. The molecular weight excluding hydrogens is 370 g/mol. The first-order chi connectivity index (χ1) is 13.7. The Morgan fingerprint density at radius 3 is 2.54 bits per heavy atom. The number of thioether (sulfide) groups is 1. The molecule has 2 aromatic carbocycles. The molecule has 0 bridgehead atoms. The molecule has 2 heterocycles. The molecule has 0 aliphatic carbocycles. The smallest absolute Gasteiger partial charge is 0.240 e. The number of aromatic nitrogens is 2. The maximum absolute atomic E-state index is 13.5. The molecule has 2 atom stereocenters. The Balaban J connectivity index is 1.56. The summed E-state index contributed by atoms with van der Waals surface area (Å²) in [6, 6.07) is 20.1. The first-order valence-corrected chi connectivity index (χ1v) is 10.4. The van der Waals surface area contributed by atoms with Crippen molar-refractivity contribution in [2.45, 2.75) is 35.8 Å². The minimum Gasteiger partial charge on any atom is -0.341 e. The number of nitrogens with zero attached hydrogens (tertiary/aromatic N) is 3. The Bertz CT molecular complexity index is 914. The largest absolute Gasteiger partial charge is 0.341 e. The molecule has 0 N–H and O–H groups in total. The van der Waals surface area contributed by atoms with Crippen LogP contribution in [0.1, 0.15) is 41.3 Å². The fourth-order valence-corrected chi connectivity index (χ4v) is 4.68. The quantitative estimate of drug-likeness (QED) is 0.592. The molecular formula is C22H23N3O2S. The van der Waals surface area contributed by atoms with Crippen LogP contribution in [0, 0.1) is 6.92 Å². The normalized spacial score (nSPS) is 18.0. The molecule has 1 aliphatic rings. The summed E-state index contributed by atoms with van der Waals surface area (Å²) in [6.07, 6.45) is 1.91. The van der Waals surface area contributed by atoms with Gasteiger partial charge < -0.3 is 9.42 Å². The van der Waals surface area contributed by atoms with Crippen LogP contribution in [0.5, 0.6) is 0 Å². The summed E-state index contributed by atoms with van der Waals surface area (Å²) < 4.78 is 5.37. The molecule has 5 nitrogen and oxygen atoms in total. The summed E-state index contributed by atoms with van der Waals surface area (Å²) in [4.78, 5) is 20.9. The van der Waals surface area contributed by atoms with Gasteiger partial charge in [0, 0.05) is 18.0 Å². The van der Waals surface area contributed by atoms with Gasteiger partial charge in [-0.1, -0.05) is 53.7 Å². The second kappa shape index (κ2) is 8.61. The highest BCUT2D eigenvalue weighted by Crippen LogP contribution is 2.38. The van der Waals surface area contributed by atoms with E-state index in [2.05, 4.69) is 10.1 Å². The van der Waals surface area contributed by atoms with Gasteiger partial charge in [0.1, 0.15) is 5.25 Å². The van der Waals surface area contributed by atoms with Crippen molar-refractivity contribution in [2.24, 2.45) is 0 Å². The highest BCUT2D eigenvalue weighted by Gasteiger charge is 2.33. The summed E-state index contributed by atoms with van der Waals surface area (Å²) in [5.74, 6) is 1.53. The Kier molecular flexibility index (Phi) is 5.76. The molecule has 1 aromatic heterocycles. The Labute approximate surface area is 169 Å². The van der Waals surface area contributed by atoms with Crippen LogP contribution in [0.4, 0.5) is 0 Å². The number of piperidine rings is 1. The molecule has 0 spiro atoms. The fraction of sp³-hybridized carbons (Fsp3) is 0.318. The Morgan fingerprint density at radius 2 is 1.86 bits per heavy atom. The van der Waals surface area contributed by atoms with E-state index in [9.17, 15) is 4.79 Å². The number of carbonyl (C=O) groups is 1. The molecule has 1 amide bonds. The third-order valence-electron chi connectivity index (χ3n) is 4.95. The van der Waals surface area contributed by atoms with Crippen LogP contribution in [0.3, 0.4) is 0 Å². The highest BCUT2D eigenvalue weighted by molar-refractivity contribution is 8.00. The number of carbonyl (C=O) groups excluding carboxylic acids is 1. The van der Waals surface area contributed by atoms with Gasteiger partial charge in [-0.3, -0.25) is 4.79 Å². The van der Waals surface area contributed by atoms with E-state index in [0.717, 1.165) is 29.8 Å². The lowest BCUT2D eigenvalue weighted by atomic mass is 9.97. The lowest BCUT2D eigenvalue weighted by molar-refractivity contribution is -0.132. The SMILES string of the molecule is Cc1noc(C2CCCN(C(=O)C(Sc3ccccc3)c3ccccc3)C2)n1. The van der Waals surface area contributed by atoms with E-state index in [1.807, 2.05) is 72.5 Å². The summed E-state index contributed by atoms with van der Waals surface area (Å²) in [5, 5.41) is 3.64. The summed E-state index contributed by atoms with van der Waals surface area (Å²) in [6.45, 7) is 3.21. The zero-order valence-corrected chi connectivity index (χ0v) is 16.6. The molecule has 1 aliphatic heterocycles. The van der Waals surface area contributed by atoms with Gasteiger partial charge in [0.2, 0.25) is 11.8 Å². The first-order valence-electron chi connectivity index (χ1n) is 9.56. The van der Waals surface area contributed by atoms with Crippen molar-refractivity contribution in [2.75, 3.05) is 13.1 Å². The van der Waals surface area contributed by atoms with Crippen molar-refractivity contribution in [3.05, 3.63) is 77.9 Å². The summed E-state index contributed by atoms with van der Waals surface area (Å²) in [5.41, 5.74) is 1.03. The zero-order chi connectivity index (χ0) is 19.3. The lowest BCUT2D eigenvalue weighted by Crippen LogP contribution is -2.41. The Hall–Kier alpha value is -2.60. The van der Waals surface area contributed by atoms with E-state index >= 15 is 0 Å². The topological polar surface area (TPSA) is 59.2 Å². The van der Waals surface area contributed by atoms with E-state index in [-0.39, 0.29) is 17.1 Å².